The molecular weight excluding hydrogens is 460 g/mol. The minimum atomic E-state index is -1.43. The van der Waals surface area contributed by atoms with Gasteiger partial charge in [0, 0.05) is 6.42 Å². The molecule has 0 fully saturated rings. The third-order valence-electron chi connectivity index (χ3n) is 5.27. The van der Waals surface area contributed by atoms with E-state index in [2.05, 4.69) is 5.16 Å². The molecule has 0 saturated carbocycles. The quantitative estimate of drug-likeness (QED) is 0.554. The van der Waals surface area contributed by atoms with E-state index in [-0.39, 0.29) is 24.6 Å². The number of ether oxygens (including phenoxy) is 1. The number of imide groups is 1. The van der Waals surface area contributed by atoms with E-state index in [4.69, 9.17) is 32.6 Å². The lowest BCUT2D eigenvalue weighted by atomic mass is 9.93. The number of Topliss-reactive ketones (excluding diaryl/α,β-unsaturated/α-hetero) is 1. The SMILES string of the molecule is C[C@H](N)C(=O)N(C(=O)OCc1ccccc1)C(C(=O)[C@@H](N)Cc1ccccc1)C1CC(Cl)=NO1. The maximum absolute atomic E-state index is 13.5. The zero-order valence-corrected chi connectivity index (χ0v) is 19.4. The van der Waals surface area contributed by atoms with E-state index in [1.54, 1.807) is 24.3 Å². The lowest BCUT2D eigenvalue weighted by Gasteiger charge is -2.33. The Labute approximate surface area is 202 Å². The third kappa shape index (κ3) is 6.40. The second kappa shape index (κ2) is 11.7. The summed E-state index contributed by atoms with van der Waals surface area (Å²) in [7, 11) is 0. The summed E-state index contributed by atoms with van der Waals surface area (Å²) in [4.78, 5) is 45.7. The highest BCUT2D eigenvalue weighted by Gasteiger charge is 2.46. The molecule has 2 aromatic rings. The molecule has 1 aliphatic rings. The molecule has 0 aliphatic carbocycles. The number of carbonyl (C=O) groups excluding carboxylic acids is 3. The Morgan fingerprint density at radius 2 is 1.68 bits per heavy atom. The molecule has 0 spiro atoms. The first-order valence-corrected chi connectivity index (χ1v) is 11.2. The van der Waals surface area contributed by atoms with Gasteiger partial charge in [0.15, 0.2) is 11.9 Å². The van der Waals surface area contributed by atoms with Crippen LogP contribution in [0.5, 0.6) is 0 Å². The standard InChI is InChI=1S/C24H27ClN4O5/c1-15(26)23(31)29(24(32)33-14-17-10-6-3-7-11-17)21(19-13-20(25)28-34-19)22(30)18(27)12-16-8-4-2-5-9-16/h2-11,15,18-19,21H,12-14,26-27H2,1H3/t15-,18-,19?,21?/m0/s1. The molecule has 1 heterocycles. The van der Waals surface area contributed by atoms with Crippen LogP contribution in [0.4, 0.5) is 4.79 Å². The molecule has 2 aromatic carbocycles. The molecule has 1 aliphatic heterocycles. The molecule has 3 rings (SSSR count). The fraction of sp³-hybridized carbons (Fsp3) is 0.333. The van der Waals surface area contributed by atoms with Crippen molar-refractivity contribution in [1.82, 2.24) is 4.90 Å². The molecule has 2 amide bonds. The smallest absolute Gasteiger partial charge is 0.417 e. The monoisotopic (exact) mass is 486 g/mol. The topological polar surface area (TPSA) is 137 Å². The van der Waals surface area contributed by atoms with E-state index in [1.165, 1.54) is 6.92 Å². The van der Waals surface area contributed by atoms with E-state index in [1.807, 2.05) is 36.4 Å². The van der Waals surface area contributed by atoms with Gasteiger partial charge in [-0.2, -0.15) is 0 Å². The lowest BCUT2D eigenvalue weighted by molar-refractivity contribution is -0.144. The highest BCUT2D eigenvalue weighted by Crippen LogP contribution is 2.24. The van der Waals surface area contributed by atoms with Gasteiger partial charge in [-0.3, -0.25) is 9.59 Å². The second-order valence-electron chi connectivity index (χ2n) is 8.00. The van der Waals surface area contributed by atoms with Crippen LogP contribution in [-0.4, -0.2) is 52.1 Å². The Morgan fingerprint density at radius 3 is 2.21 bits per heavy atom. The Bertz CT molecular complexity index is 1030. The second-order valence-corrected chi connectivity index (χ2v) is 8.43. The summed E-state index contributed by atoms with van der Waals surface area (Å²) in [5.41, 5.74) is 13.6. The minimum Gasteiger partial charge on any atom is -0.444 e. The van der Waals surface area contributed by atoms with Crippen molar-refractivity contribution in [2.24, 2.45) is 16.6 Å². The zero-order chi connectivity index (χ0) is 24.7. The number of nitrogens with two attached hydrogens (primary N) is 2. The zero-order valence-electron chi connectivity index (χ0n) is 18.7. The van der Waals surface area contributed by atoms with Crippen molar-refractivity contribution in [1.29, 1.82) is 0 Å². The summed E-state index contributed by atoms with van der Waals surface area (Å²) >= 11 is 5.97. The van der Waals surface area contributed by atoms with Crippen LogP contribution in [0.25, 0.3) is 0 Å². The molecular formula is C24H27ClN4O5. The first-order valence-electron chi connectivity index (χ1n) is 10.8. The van der Waals surface area contributed by atoms with Gasteiger partial charge < -0.3 is 21.0 Å². The summed E-state index contributed by atoms with van der Waals surface area (Å²) in [6.07, 6.45) is -1.85. The molecule has 10 heteroatoms. The Balaban J connectivity index is 1.88. The van der Waals surface area contributed by atoms with Gasteiger partial charge in [-0.15, -0.1) is 0 Å². The van der Waals surface area contributed by atoms with Gasteiger partial charge >= 0.3 is 6.09 Å². The number of ketones is 1. The van der Waals surface area contributed by atoms with Crippen LogP contribution in [-0.2, 0) is 32.2 Å². The predicted octanol–water partition coefficient (Wildman–Crippen LogP) is 2.35. The number of hydrogen-bond acceptors (Lipinski definition) is 8. The fourth-order valence-corrected chi connectivity index (χ4v) is 3.74. The summed E-state index contributed by atoms with van der Waals surface area (Å²) in [5.74, 6) is -1.41. The van der Waals surface area contributed by atoms with E-state index in [0.717, 1.165) is 5.56 Å². The van der Waals surface area contributed by atoms with Crippen LogP contribution >= 0.6 is 11.6 Å². The summed E-state index contributed by atoms with van der Waals surface area (Å²) in [6.45, 7) is 1.30. The van der Waals surface area contributed by atoms with Crippen molar-refractivity contribution in [3.8, 4) is 0 Å². The number of hydrogen-bond donors (Lipinski definition) is 2. The summed E-state index contributed by atoms with van der Waals surface area (Å²) in [5, 5.41) is 3.77. The molecule has 180 valence electrons. The number of carbonyl (C=O) groups is 3. The largest absolute Gasteiger partial charge is 0.444 e. The minimum absolute atomic E-state index is 0.0186. The van der Waals surface area contributed by atoms with Gasteiger partial charge in [-0.05, 0) is 24.5 Å². The van der Waals surface area contributed by atoms with E-state index in [0.29, 0.717) is 10.5 Å². The molecule has 34 heavy (non-hydrogen) atoms. The Kier molecular flexibility index (Phi) is 8.75. The van der Waals surface area contributed by atoms with Crippen LogP contribution < -0.4 is 11.5 Å². The van der Waals surface area contributed by atoms with E-state index < -0.39 is 42.0 Å². The molecule has 4 N–H and O–H groups in total. The molecule has 0 radical (unpaired) electrons. The molecule has 2 unspecified atom stereocenters. The van der Waals surface area contributed by atoms with Gasteiger partial charge in [0.05, 0.1) is 12.1 Å². The van der Waals surface area contributed by atoms with Gasteiger partial charge in [-0.1, -0.05) is 77.4 Å². The number of oxime groups is 1. The normalized spacial score (nSPS) is 17.6. The average molecular weight is 487 g/mol. The van der Waals surface area contributed by atoms with Crippen LogP contribution in [0.3, 0.4) is 0 Å². The van der Waals surface area contributed by atoms with Crippen LogP contribution in [0.1, 0.15) is 24.5 Å². The summed E-state index contributed by atoms with van der Waals surface area (Å²) < 4.78 is 5.37. The molecule has 0 saturated heterocycles. The van der Waals surface area contributed by atoms with Gasteiger partial charge in [0.25, 0.3) is 0 Å². The van der Waals surface area contributed by atoms with E-state index >= 15 is 0 Å². The summed E-state index contributed by atoms with van der Waals surface area (Å²) in [6, 6.07) is 14.5. The van der Waals surface area contributed by atoms with Crippen molar-refractivity contribution < 1.29 is 24.0 Å². The highest BCUT2D eigenvalue weighted by atomic mass is 35.5. The molecule has 4 atom stereocenters. The van der Waals surface area contributed by atoms with Gasteiger partial charge in [0.2, 0.25) is 5.91 Å². The van der Waals surface area contributed by atoms with Gasteiger partial charge in [-0.25, -0.2) is 9.69 Å². The van der Waals surface area contributed by atoms with Crippen molar-refractivity contribution >= 4 is 34.6 Å². The fourth-order valence-electron chi connectivity index (χ4n) is 3.55. The number of benzene rings is 2. The number of nitrogens with zero attached hydrogens (tertiary/aromatic N) is 2. The van der Waals surface area contributed by atoms with Crippen molar-refractivity contribution in [2.75, 3.05) is 0 Å². The van der Waals surface area contributed by atoms with Crippen LogP contribution in [0.15, 0.2) is 65.8 Å². The highest BCUT2D eigenvalue weighted by molar-refractivity contribution is 6.65. The maximum atomic E-state index is 13.5. The number of halogens is 1. The number of amides is 2. The number of rotatable bonds is 9. The Hall–Kier alpha value is -3.27. The van der Waals surface area contributed by atoms with Gasteiger partial charge in [0.1, 0.15) is 17.8 Å². The first kappa shape index (κ1) is 25.4. The van der Waals surface area contributed by atoms with Crippen LogP contribution in [0.2, 0.25) is 0 Å². The molecule has 0 aromatic heterocycles. The lowest BCUT2D eigenvalue weighted by Crippen LogP contribution is -2.61. The van der Waals surface area contributed by atoms with Crippen molar-refractivity contribution in [2.45, 2.75) is 50.6 Å². The first-order chi connectivity index (χ1) is 16.3. The third-order valence-corrected chi connectivity index (χ3v) is 5.49. The van der Waals surface area contributed by atoms with Crippen molar-refractivity contribution in [3.63, 3.8) is 0 Å². The van der Waals surface area contributed by atoms with E-state index in [9.17, 15) is 14.4 Å². The molecule has 9 nitrogen and oxygen atoms in total. The average Bonchev–Trinajstić information content (AvgIpc) is 3.27. The Morgan fingerprint density at radius 1 is 1.09 bits per heavy atom. The van der Waals surface area contributed by atoms with Crippen LogP contribution in [0, 0.1) is 0 Å². The maximum Gasteiger partial charge on any atom is 0.417 e. The van der Waals surface area contributed by atoms with Crippen molar-refractivity contribution in [3.05, 3.63) is 71.8 Å². The molecule has 0 bridgehead atoms. The predicted molar refractivity (Wildman–Crippen MR) is 127 cm³/mol.